The minimum Gasteiger partial charge on any atom is -0.468 e. The summed E-state index contributed by atoms with van der Waals surface area (Å²) in [5, 5.41) is 4.19. The Bertz CT molecular complexity index is 910. The summed E-state index contributed by atoms with van der Waals surface area (Å²) in [7, 11) is -2.52. The van der Waals surface area contributed by atoms with Crippen molar-refractivity contribution in [3.8, 4) is 5.69 Å². The number of rotatable bonds is 4. The number of carbonyl (C=O) groups excluding carboxylic acids is 1. The Morgan fingerprint density at radius 1 is 1.23 bits per heavy atom. The van der Waals surface area contributed by atoms with Crippen LogP contribution < -0.4 is 0 Å². The van der Waals surface area contributed by atoms with E-state index in [0.717, 1.165) is 24.9 Å². The van der Waals surface area contributed by atoms with Crippen LogP contribution >= 0.6 is 0 Å². The lowest BCUT2D eigenvalue weighted by molar-refractivity contribution is -0.148. The molecule has 1 aliphatic carbocycles. The Balaban J connectivity index is 1.69. The summed E-state index contributed by atoms with van der Waals surface area (Å²) in [6, 6.07) is 8.56. The fraction of sp³-hybridized carbons (Fsp3) is 0.444. The largest absolute Gasteiger partial charge is 0.468 e. The molecule has 2 heterocycles. The summed E-state index contributed by atoms with van der Waals surface area (Å²) in [5.41, 5.74) is 0.775. The Morgan fingerprint density at radius 3 is 2.73 bits per heavy atom. The van der Waals surface area contributed by atoms with E-state index in [4.69, 9.17) is 4.74 Å². The zero-order chi connectivity index (χ0) is 18.3. The van der Waals surface area contributed by atoms with Gasteiger partial charge >= 0.3 is 5.97 Å². The van der Waals surface area contributed by atoms with Gasteiger partial charge in [-0.3, -0.25) is 4.79 Å². The summed E-state index contributed by atoms with van der Waals surface area (Å²) < 4.78 is 34.3. The molecule has 1 aromatic heterocycles. The first kappa shape index (κ1) is 17.2. The first-order chi connectivity index (χ1) is 12.5. The van der Waals surface area contributed by atoms with Crippen molar-refractivity contribution in [2.45, 2.75) is 30.2 Å². The third-order valence-corrected chi connectivity index (χ3v) is 7.21. The molecule has 138 valence electrons. The normalized spacial score (nSPS) is 26.0. The minimum absolute atomic E-state index is 0.0279. The number of hydrogen-bond acceptors (Lipinski definition) is 5. The van der Waals surface area contributed by atoms with Crippen molar-refractivity contribution in [3.63, 3.8) is 0 Å². The number of benzene rings is 1. The van der Waals surface area contributed by atoms with Crippen LogP contribution in [0.25, 0.3) is 5.69 Å². The molecule has 0 amide bonds. The number of fused-ring (bicyclic) bond motifs is 2. The fourth-order valence-electron chi connectivity index (χ4n) is 4.14. The predicted molar refractivity (Wildman–Crippen MR) is 94.1 cm³/mol. The monoisotopic (exact) mass is 375 g/mol. The highest BCUT2D eigenvalue weighted by Crippen LogP contribution is 2.42. The van der Waals surface area contributed by atoms with Gasteiger partial charge in [0, 0.05) is 6.54 Å². The van der Waals surface area contributed by atoms with Gasteiger partial charge in [0.25, 0.3) is 0 Å². The van der Waals surface area contributed by atoms with Crippen molar-refractivity contribution in [2.24, 2.45) is 11.8 Å². The van der Waals surface area contributed by atoms with Crippen molar-refractivity contribution in [1.82, 2.24) is 14.1 Å². The van der Waals surface area contributed by atoms with E-state index < -0.39 is 22.0 Å². The molecule has 0 unspecified atom stereocenters. The summed E-state index contributed by atoms with van der Waals surface area (Å²) in [6.07, 6.45) is 5.53. The molecule has 26 heavy (non-hydrogen) atoms. The molecule has 3 atom stereocenters. The number of methoxy groups -OCH3 is 1. The van der Waals surface area contributed by atoms with Gasteiger partial charge in [0.05, 0.1) is 25.2 Å². The van der Waals surface area contributed by atoms with Crippen LogP contribution in [-0.2, 0) is 19.6 Å². The van der Waals surface area contributed by atoms with Crippen molar-refractivity contribution in [3.05, 3.63) is 42.7 Å². The second kappa shape index (κ2) is 6.51. The van der Waals surface area contributed by atoms with E-state index in [2.05, 4.69) is 5.10 Å². The van der Waals surface area contributed by atoms with Crippen molar-refractivity contribution >= 4 is 16.0 Å². The number of sulfonamides is 1. The molecule has 0 spiro atoms. The van der Waals surface area contributed by atoms with Crippen LogP contribution in [0.1, 0.15) is 19.3 Å². The van der Waals surface area contributed by atoms with E-state index in [1.165, 1.54) is 28.5 Å². The van der Waals surface area contributed by atoms with Gasteiger partial charge in [-0.15, -0.1) is 0 Å². The smallest absolute Gasteiger partial charge is 0.324 e. The molecule has 0 radical (unpaired) electrons. The first-order valence-corrected chi connectivity index (χ1v) is 10.1. The van der Waals surface area contributed by atoms with Gasteiger partial charge in [-0.1, -0.05) is 18.2 Å². The van der Waals surface area contributed by atoms with Crippen LogP contribution in [0.15, 0.2) is 47.6 Å². The zero-order valence-electron chi connectivity index (χ0n) is 14.5. The molecule has 8 heteroatoms. The van der Waals surface area contributed by atoms with Gasteiger partial charge in [-0.25, -0.2) is 13.1 Å². The van der Waals surface area contributed by atoms with Gasteiger partial charge in [-0.2, -0.15) is 9.40 Å². The van der Waals surface area contributed by atoms with E-state index in [-0.39, 0.29) is 10.8 Å². The predicted octanol–water partition coefficient (Wildman–Crippen LogP) is 1.83. The van der Waals surface area contributed by atoms with Gasteiger partial charge in [0.2, 0.25) is 10.0 Å². The second-order valence-corrected chi connectivity index (χ2v) is 8.83. The number of esters is 1. The van der Waals surface area contributed by atoms with Gasteiger partial charge in [0.15, 0.2) is 0 Å². The fourth-order valence-corrected chi connectivity index (χ4v) is 5.79. The Kier molecular flexibility index (Phi) is 4.32. The standard InChI is InChI=1S/C18H21N3O4S/c1-25-18(22)17-14-8-7-13(9-14)11-21(17)26(23,24)16-10-19-20(12-16)15-5-3-2-4-6-15/h2-6,10,12-14,17H,7-9,11H2,1H3/t13-,14+,17-/m0/s1. The molecule has 2 fully saturated rings. The summed E-state index contributed by atoms with van der Waals surface area (Å²) >= 11 is 0. The van der Waals surface area contributed by atoms with Crippen LogP contribution in [-0.4, -0.2) is 48.2 Å². The van der Waals surface area contributed by atoms with Gasteiger partial charge in [0.1, 0.15) is 10.9 Å². The SMILES string of the molecule is COC(=O)[C@@H]1[C@@H]2CC[C@@H](C2)CN1S(=O)(=O)c1cnn(-c2ccccc2)c1. The van der Waals surface area contributed by atoms with Crippen molar-refractivity contribution < 1.29 is 17.9 Å². The molecule has 2 aromatic rings. The summed E-state index contributed by atoms with van der Waals surface area (Å²) in [4.78, 5) is 12.4. The molecular formula is C18H21N3O4S. The van der Waals surface area contributed by atoms with Crippen LogP contribution in [0.2, 0.25) is 0 Å². The third kappa shape index (κ3) is 2.83. The number of carbonyl (C=O) groups is 1. The van der Waals surface area contributed by atoms with Gasteiger partial charge in [-0.05, 0) is 43.2 Å². The van der Waals surface area contributed by atoms with E-state index in [1.807, 2.05) is 30.3 Å². The molecule has 2 aliphatic rings. The quantitative estimate of drug-likeness (QED) is 0.762. The van der Waals surface area contributed by atoms with E-state index in [9.17, 15) is 13.2 Å². The van der Waals surface area contributed by atoms with E-state index >= 15 is 0 Å². The highest BCUT2D eigenvalue weighted by molar-refractivity contribution is 7.89. The average Bonchev–Trinajstić information content (AvgIpc) is 3.30. The number of piperidine rings is 1. The highest BCUT2D eigenvalue weighted by atomic mass is 32.2. The van der Waals surface area contributed by atoms with Crippen LogP contribution in [0, 0.1) is 11.8 Å². The number of ether oxygens (including phenoxy) is 1. The second-order valence-electron chi connectivity index (χ2n) is 6.94. The number of nitrogens with zero attached hydrogens (tertiary/aromatic N) is 3. The molecule has 4 rings (SSSR count). The lowest BCUT2D eigenvalue weighted by Crippen LogP contribution is -2.52. The number of hydrogen-bond donors (Lipinski definition) is 0. The number of para-hydroxylation sites is 1. The molecule has 1 aromatic carbocycles. The summed E-state index contributed by atoms with van der Waals surface area (Å²) in [6.45, 7) is 0.356. The Hall–Kier alpha value is -2.19. The maximum absolute atomic E-state index is 13.2. The van der Waals surface area contributed by atoms with Crippen LogP contribution in [0.3, 0.4) is 0 Å². The van der Waals surface area contributed by atoms with Crippen LogP contribution in [0.4, 0.5) is 0 Å². The topological polar surface area (TPSA) is 81.5 Å². The lowest BCUT2D eigenvalue weighted by Gasteiger charge is -2.36. The highest BCUT2D eigenvalue weighted by Gasteiger charge is 2.49. The Morgan fingerprint density at radius 2 is 2.00 bits per heavy atom. The maximum atomic E-state index is 13.2. The average molecular weight is 375 g/mol. The van der Waals surface area contributed by atoms with Gasteiger partial charge < -0.3 is 4.74 Å². The Labute approximate surface area is 152 Å². The van der Waals surface area contributed by atoms with Crippen molar-refractivity contribution in [2.75, 3.05) is 13.7 Å². The minimum atomic E-state index is -3.83. The lowest BCUT2D eigenvalue weighted by atomic mass is 9.92. The molecule has 1 aliphatic heterocycles. The van der Waals surface area contributed by atoms with E-state index in [0.29, 0.717) is 12.5 Å². The molecule has 1 saturated carbocycles. The van der Waals surface area contributed by atoms with Crippen molar-refractivity contribution in [1.29, 1.82) is 0 Å². The maximum Gasteiger partial charge on any atom is 0.324 e. The molecular weight excluding hydrogens is 354 g/mol. The van der Waals surface area contributed by atoms with Crippen LogP contribution in [0.5, 0.6) is 0 Å². The summed E-state index contributed by atoms with van der Waals surface area (Å²) in [5.74, 6) is -0.144. The molecule has 2 bridgehead atoms. The molecule has 0 N–H and O–H groups in total. The van der Waals surface area contributed by atoms with E-state index in [1.54, 1.807) is 0 Å². The molecule has 7 nitrogen and oxygen atoms in total. The number of aromatic nitrogens is 2. The first-order valence-electron chi connectivity index (χ1n) is 8.70. The zero-order valence-corrected chi connectivity index (χ0v) is 15.3. The third-order valence-electron chi connectivity index (χ3n) is 5.41. The molecule has 1 saturated heterocycles.